The molecule has 0 saturated carbocycles. The summed E-state index contributed by atoms with van der Waals surface area (Å²) in [4.78, 5) is 2.35. The average Bonchev–Trinajstić information content (AvgIpc) is 2.18. The Morgan fingerprint density at radius 2 is 2.33 bits per heavy atom. The lowest BCUT2D eigenvalue weighted by Gasteiger charge is -2.27. The van der Waals surface area contributed by atoms with Crippen molar-refractivity contribution in [2.24, 2.45) is 0 Å². The van der Waals surface area contributed by atoms with Crippen LogP contribution in [0.15, 0.2) is 0 Å². The van der Waals surface area contributed by atoms with Gasteiger partial charge in [0.15, 0.2) is 0 Å². The molecule has 1 unspecified atom stereocenters. The molecule has 0 spiro atoms. The highest BCUT2D eigenvalue weighted by molar-refractivity contribution is 7.99. The number of hydrogen-bond donors (Lipinski definition) is 1. The molecule has 1 N–H and O–H groups in total. The van der Waals surface area contributed by atoms with E-state index < -0.39 is 0 Å². The Morgan fingerprint density at radius 3 is 2.93 bits per heavy atom. The fourth-order valence-electron chi connectivity index (χ4n) is 1.65. The summed E-state index contributed by atoms with van der Waals surface area (Å²) in [6.45, 7) is 8.33. The van der Waals surface area contributed by atoms with E-state index in [1.54, 1.807) is 0 Å². The van der Waals surface area contributed by atoms with E-state index in [0.29, 0.717) is 12.1 Å². The molecule has 1 rings (SSSR count). The smallest absolute Gasteiger partial charge is 0.0596 e. The number of rotatable bonds is 6. The van der Waals surface area contributed by atoms with E-state index in [2.05, 4.69) is 42.9 Å². The van der Waals surface area contributed by atoms with Crippen molar-refractivity contribution in [3.63, 3.8) is 0 Å². The summed E-state index contributed by atoms with van der Waals surface area (Å²) < 4.78 is 5.53. The van der Waals surface area contributed by atoms with Crippen LogP contribution < -0.4 is 5.32 Å². The number of likely N-dealkylation sites (N-methyl/N-ethyl adjacent to an activating group) is 1. The standard InChI is InChI=1S/C11H24N2OS/c1-10(2)14-6-5-13(3)8-11-9-15-7-4-12-11/h10-12H,4-9H2,1-3H3. The van der Waals surface area contributed by atoms with Gasteiger partial charge in [-0.05, 0) is 20.9 Å². The van der Waals surface area contributed by atoms with E-state index in [4.69, 9.17) is 4.74 Å². The third-order valence-electron chi connectivity index (χ3n) is 2.45. The van der Waals surface area contributed by atoms with E-state index in [1.807, 2.05) is 0 Å². The molecule has 0 aliphatic carbocycles. The van der Waals surface area contributed by atoms with Gasteiger partial charge in [0.25, 0.3) is 0 Å². The summed E-state index contributed by atoms with van der Waals surface area (Å²) >= 11 is 2.05. The van der Waals surface area contributed by atoms with Crippen molar-refractivity contribution in [3.05, 3.63) is 0 Å². The van der Waals surface area contributed by atoms with Crippen LogP contribution in [0.1, 0.15) is 13.8 Å². The first-order valence-corrected chi connectivity index (χ1v) is 6.95. The summed E-state index contributed by atoms with van der Waals surface area (Å²) in [6.07, 6.45) is 0.349. The Kier molecular flexibility index (Phi) is 6.64. The lowest BCUT2D eigenvalue weighted by atomic mass is 10.3. The lowest BCUT2D eigenvalue weighted by Crippen LogP contribution is -2.45. The number of hydrogen-bond acceptors (Lipinski definition) is 4. The van der Waals surface area contributed by atoms with E-state index in [1.165, 1.54) is 11.5 Å². The Balaban J connectivity index is 2.03. The zero-order chi connectivity index (χ0) is 11.1. The first-order valence-electron chi connectivity index (χ1n) is 5.79. The highest BCUT2D eigenvalue weighted by Crippen LogP contribution is 2.08. The van der Waals surface area contributed by atoms with Crippen molar-refractivity contribution < 1.29 is 4.74 Å². The first-order chi connectivity index (χ1) is 7.18. The van der Waals surface area contributed by atoms with Gasteiger partial charge in [-0.25, -0.2) is 0 Å². The molecular weight excluding hydrogens is 208 g/mol. The van der Waals surface area contributed by atoms with Crippen molar-refractivity contribution >= 4 is 11.8 Å². The maximum absolute atomic E-state index is 5.53. The molecular formula is C11H24N2OS. The number of nitrogens with one attached hydrogen (secondary N) is 1. The second-order valence-corrected chi connectivity index (χ2v) is 5.56. The SMILES string of the molecule is CC(C)OCCN(C)CC1CSCCN1. The Labute approximate surface area is 97.9 Å². The van der Waals surface area contributed by atoms with E-state index in [-0.39, 0.29) is 0 Å². The second-order valence-electron chi connectivity index (χ2n) is 4.41. The molecule has 0 radical (unpaired) electrons. The second kappa shape index (κ2) is 7.49. The monoisotopic (exact) mass is 232 g/mol. The molecule has 1 fully saturated rings. The Hall–Kier alpha value is 0.230. The predicted molar refractivity (Wildman–Crippen MR) is 67.7 cm³/mol. The van der Waals surface area contributed by atoms with Crippen LogP contribution in [0.5, 0.6) is 0 Å². The molecule has 1 atom stereocenters. The summed E-state index contributed by atoms with van der Waals surface area (Å²) in [5.74, 6) is 2.51. The van der Waals surface area contributed by atoms with Crippen molar-refractivity contribution in [3.8, 4) is 0 Å². The van der Waals surface area contributed by atoms with Gasteiger partial charge in [-0.3, -0.25) is 0 Å². The van der Waals surface area contributed by atoms with Crippen LogP contribution in [-0.4, -0.2) is 61.8 Å². The minimum atomic E-state index is 0.349. The van der Waals surface area contributed by atoms with Crippen LogP contribution >= 0.6 is 11.8 Å². The summed E-state index contributed by atoms with van der Waals surface area (Å²) in [5, 5.41) is 3.55. The largest absolute Gasteiger partial charge is 0.377 e. The van der Waals surface area contributed by atoms with E-state index >= 15 is 0 Å². The van der Waals surface area contributed by atoms with Gasteiger partial charge in [0.1, 0.15) is 0 Å². The maximum atomic E-state index is 5.53. The number of ether oxygens (including phenoxy) is 1. The molecule has 1 aliphatic rings. The van der Waals surface area contributed by atoms with Crippen LogP contribution in [0.4, 0.5) is 0 Å². The van der Waals surface area contributed by atoms with Gasteiger partial charge < -0.3 is 15.0 Å². The van der Waals surface area contributed by atoms with Crippen molar-refractivity contribution in [1.29, 1.82) is 0 Å². The number of thioether (sulfide) groups is 1. The molecule has 0 bridgehead atoms. The van der Waals surface area contributed by atoms with Crippen LogP contribution in [0.2, 0.25) is 0 Å². The molecule has 90 valence electrons. The van der Waals surface area contributed by atoms with Gasteiger partial charge in [0.2, 0.25) is 0 Å². The van der Waals surface area contributed by atoms with Crippen LogP contribution in [-0.2, 0) is 4.74 Å². The molecule has 0 aromatic rings. The topological polar surface area (TPSA) is 24.5 Å². The number of nitrogens with zero attached hydrogens (tertiary/aromatic N) is 1. The van der Waals surface area contributed by atoms with Crippen LogP contribution in [0, 0.1) is 0 Å². The van der Waals surface area contributed by atoms with Gasteiger partial charge in [0.05, 0.1) is 12.7 Å². The molecule has 3 nitrogen and oxygen atoms in total. The van der Waals surface area contributed by atoms with Gasteiger partial charge in [-0.1, -0.05) is 0 Å². The van der Waals surface area contributed by atoms with Crippen LogP contribution in [0.3, 0.4) is 0 Å². The molecule has 0 aromatic carbocycles. The normalized spacial score (nSPS) is 22.6. The van der Waals surface area contributed by atoms with Gasteiger partial charge in [-0.15, -0.1) is 0 Å². The fourth-order valence-corrected chi connectivity index (χ4v) is 2.59. The average molecular weight is 232 g/mol. The first kappa shape index (κ1) is 13.3. The van der Waals surface area contributed by atoms with Gasteiger partial charge >= 0.3 is 0 Å². The third kappa shape index (κ3) is 6.40. The van der Waals surface area contributed by atoms with Crippen LogP contribution in [0.25, 0.3) is 0 Å². The summed E-state index contributed by atoms with van der Waals surface area (Å²) in [6, 6.07) is 0.660. The molecule has 0 amide bonds. The highest BCUT2D eigenvalue weighted by atomic mass is 32.2. The molecule has 1 aliphatic heterocycles. The lowest BCUT2D eigenvalue weighted by molar-refractivity contribution is 0.0627. The van der Waals surface area contributed by atoms with Gasteiger partial charge in [0, 0.05) is 37.2 Å². The molecule has 1 heterocycles. The predicted octanol–water partition coefficient (Wildman–Crippen LogP) is 1.05. The minimum Gasteiger partial charge on any atom is -0.377 e. The summed E-state index contributed by atoms with van der Waals surface area (Å²) in [5.41, 5.74) is 0. The van der Waals surface area contributed by atoms with Crippen molar-refractivity contribution in [2.75, 3.05) is 44.8 Å². The van der Waals surface area contributed by atoms with Crippen molar-refractivity contribution in [2.45, 2.75) is 26.0 Å². The molecule has 0 aromatic heterocycles. The molecule has 1 saturated heterocycles. The van der Waals surface area contributed by atoms with E-state index in [0.717, 1.165) is 26.2 Å². The van der Waals surface area contributed by atoms with E-state index in [9.17, 15) is 0 Å². The minimum absolute atomic E-state index is 0.349. The third-order valence-corrected chi connectivity index (χ3v) is 3.59. The zero-order valence-electron chi connectivity index (χ0n) is 10.2. The van der Waals surface area contributed by atoms with Crippen molar-refractivity contribution in [1.82, 2.24) is 10.2 Å². The highest BCUT2D eigenvalue weighted by Gasteiger charge is 2.14. The summed E-state index contributed by atoms with van der Waals surface area (Å²) in [7, 11) is 2.17. The zero-order valence-corrected chi connectivity index (χ0v) is 11.0. The maximum Gasteiger partial charge on any atom is 0.0596 e. The van der Waals surface area contributed by atoms with Gasteiger partial charge in [-0.2, -0.15) is 11.8 Å². The Bertz CT molecular complexity index is 161. The molecule has 15 heavy (non-hydrogen) atoms. The fraction of sp³-hybridized carbons (Fsp3) is 1.00. The molecule has 4 heteroatoms. The quantitative estimate of drug-likeness (QED) is 0.740. The Morgan fingerprint density at radius 1 is 1.53 bits per heavy atom.